The average Bonchev–Trinajstić information content (AvgIpc) is 3.47. The van der Waals surface area contributed by atoms with E-state index in [2.05, 4.69) is 22.8 Å². The van der Waals surface area contributed by atoms with Crippen LogP contribution in [0.1, 0.15) is 30.4 Å². The highest BCUT2D eigenvalue weighted by molar-refractivity contribution is 6.31. The third-order valence-electron chi connectivity index (χ3n) is 4.79. The fourth-order valence-electron chi connectivity index (χ4n) is 2.98. The lowest BCUT2D eigenvalue weighted by Gasteiger charge is -2.16. The largest absolute Gasteiger partial charge is 0.355 e. The van der Waals surface area contributed by atoms with Crippen molar-refractivity contribution in [3.63, 3.8) is 0 Å². The van der Waals surface area contributed by atoms with E-state index in [1.165, 1.54) is 5.56 Å². The molecule has 1 saturated carbocycles. The van der Waals surface area contributed by atoms with E-state index in [1.807, 2.05) is 36.4 Å². The highest BCUT2D eigenvalue weighted by Gasteiger charge is 2.56. The Kier molecular flexibility index (Phi) is 5.94. The van der Waals surface area contributed by atoms with Gasteiger partial charge in [0.25, 0.3) is 0 Å². The van der Waals surface area contributed by atoms with Gasteiger partial charge in [0.15, 0.2) is 0 Å². The van der Waals surface area contributed by atoms with Gasteiger partial charge in [0, 0.05) is 18.1 Å². The van der Waals surface area contributed by atoms with Crippen LogP contribution >= 0.6 is 11.6 Å². The second-order valence-electron chi connectivity index (χ2n) is 6.70. The number of hydrogen-bond acceptors (Lipinski definition) is 2. The minimum atomic E-state index is -0.895. The van der Waals surface area contributed by atoms with E-state index >= 15 is 0 Å². The molecule has 0 saturated heterocycles. The number of carbonyl (C=O) groups is 2. The maximum absolute atomic E-state index is 12.5. The molecule has 26 heavy (non-hydrogen) atoms. The van der Waals surface area contributed by atoms with Crippen LogP contribution in [0.3, 0.4) is 0 Å². The number of hydrogen-bond donors (Lipinski definition) is 2. The Bertz CT molecular complexity index is 773. The summed E-state index contributed by atoms with van der Waals surface area (Å²) >= 11 is 6.10. The summed E-state index contributed by atoms with van der Waals surface area (Å²) in [5, 5.41) is 6.39. The Labute approximate surface area is 158 Å². The molecule has 0 unspecified atom stereocenters. The Balaban J connectivity index is 1.44. The van der Waals surface area contributed by atoms with E-state index in [0.717, 1.165) is 18.4 Å². The number of halogens is 1. The normalized spacial score (nSPS) is 14.5. The van der Waals surface area contributed by atoms with Gasteiger partial charge in [-0.3, -0.25) is 9.59 Å². The van der Waals surface area contributed by atoms with E-state index in [1.54, 1.807) is 6.07 Å². The quantitative estimate of drug-likeness (QED) is 0.552. The number of aryl methyl sites for hydroxylation is 1. The van der Waals surface area contributed by atoms with Crippen LogP contribution in [0.15, 0.2) is 54.6 Å². The van der Waals surface area contributed by atoms with E-state index in [-0.39, 0.29) is 11.8 Å². The van der Waals surface area contributed by atoms with Crippen molar-refractivity contribution in [3.05, 3.63) is 70.7 Å². The zero-order chi connectivity index (χ0) is 18.4. The van der Waals surface area contributed by atoms with Crippen molar-refractivity contribution in [1.82, 2.24) is 10.6 Å². The average molecular weight is 371 g/mol. The van der Waals surface area contributed by atoms with E-state index in [9.17, 15) is 9.59 Å². The van der Waals surface area contributed by atoms with Gasteiger partial charge in [0.05, 0.1) is 0 Å². The van der Waals surface area contributed by atoms with Gasteiger partial charge in [-0.05, 0) is 42.9 Å². The van der Waals surface area contributed by atoms with Crippen LogP contribution in [0, 0.1) is 5.41 Å². The Morgan fingerprint density at radius 2 is 1.58 bits per heavy atom. The van der Waals surface area contributed by atoms with Crippen LogP contribution in [0.2, 0.25) is 5.02 Å². The zero-order valence-electron chi connectivity index (χ0n) is 14.6. The molecule has 5 heteroatoms. The van der Waals surface area contributed by atoms with Crippen LogP contribution < -0.4 is 10.6 Å². The zero-order valence-corrected chi connectivity index (χ0v) is 15.4. The topological polar surface area (TPSA) is 58.2 Å². The summed E-state index contributed by atoms with van der Waals surface area (Å²) in [6, 6.07) is 17.5. The number of benzene rings is 2. The third kappa shape index (κ3) is 4.44. The first-order valence-electron chi connectivity index (χ1n) is 8.96. The number of amides is 2. The molecule has 2 amide bonds. The Hall–Kier alpha value is -2.33. The molecule has 0 heterocycles. The molecule has 1 aliphatic carbocycles. The minimum Gasteiger partial charge on any atom is -0.355 e. The predicted molar refractivity (Wildman–Crippen MR) is 103 cm³/mol. The second-order valence-corrected chi connectivity index (χ2v) is 7.11. The summed E-state index contributed by atoms with van der Waals surface area (Å²) < 4.78 is 0. The first-order chi connectivity index (χ1) is 12.6. The van der Waals surface area contributed by atoms with Crippen molar-refractivity contribution < 1.29 is 9.59 Å². The lowest BCUT2D eigenvalue weighted by atomic mass is 10.0. The number of carbonyl (C=O) groups excluding carboxylic acids is 2. The molecule has 0 spiro atoms. The van der Waals surface area contributed by atoms with Crippen LogP contribution in [-0.2, 0) is 22.6 Å². The molecular formula is C21H23ClN2O2. The molecule has 1 aliphatic rings. The first-order valence-corrected chi connectivity index (χ1v) is 9.33. The Morgan fingerprint density at radius 1 is 0.923 bits per heavy atom. The lowest BCUT2D eigenvalue weighted by molar-refractivity contribution is -0.137. The van der Waals surface area contributed by atoms with Crippen molar-refractivity contribution in [1.29, 1.82) is 0 Å². The van der Waals surface area contributed by atoms with Gasteiger partial charge >= 0.3 is 0 Å². The van der Waals surface area contributed by atoms with Gasteiger partial charge in [-0.15, -0.1) is 0 Å². The fraction of sp³-hybridized carbons (Fsp3) is 0.333. The summed E-state index contributed by atoms with van der Waals surface area (Å²) in [6.45, 7) is 0.912. The van der Waals surface area contributed by atoms with Crippen molar-refractivity contribution in [2.24, 2.45) is 5.41 Å². The molecule has 2 aromatic carbocycles. The molecule has 0 aliphatic heterocycles. The van der Waals surface area contributed by atoms with Crippen LogP contribution in [-0.4, -0.2) is 18.4 Å². The van der Waals surface area contributed by atoms with Crippen LogP contribution in [0.4, 0.5) is 0 Å². The molecule has 4 nitrogen and oxygen atoms in total. The SMILES string of the molecule is O=C(NCCCc1ccccc1)C1(C(=O)NCc2ccccc2Cl)CC1. The summed E-state index contributed by atoms with van der Waals surface area (Å²) in [5.41, 5.74) is 1.20. The number of nitrogens with one attached hydrogen (secondary N) is 2. The van der Waals surface area contributed by atoms with Crippen molar-refractivity contribution in [3.8, 4) is 0 Å². The molecule has 0 aromatic heterocycles. The molecule has 0 atom stereocenters. The summed E-state index contributed by atoms with van der Waals surface area (Å²) in [6.07, 6.45) is 2.97. The maximum atomic E-state index is 12.5. The van der Waals surface area contributed by atoms with Crippen molar-refractivity contribution in [2.45, 2.75) is 32.2 Å². The van der Waals surface area contributed by atoms with Crippen LogP contribution in [0.5, 0.6) is 0 Å². The van der Waals surface area contributed by atoms with E-state index in [4.69, 9.17) is 11.6 Å². The molecule has 3 rings (SSSR count). The lowest BCUT2D eigenvalue weighted by Crippen LogP contribution is -2.43. The third-order valence-corrected chi connectivity index (χ3v) is 5.16. The van der Waals surface area contributed by atoms with Gasteiger partial charge in [-0.2, -0.15) is 0 Å². The van der Waals surface area contributed by atoms with E-state index < -0.39 is 5.41 Å². The fourth-order valence-corrected chi connectivity index (χ4v) is 3.18. The molecule has 136 valence electrons. The molecule has 0 radical (unpaired) electrons. The highest BCUT2D eigenvalue weighted by atomic mass is 35.5. The number of rotatable bonds is 8. The monoisotopic (exact) mass is 370 g/mol. The summed E-state index contributed by atoms with van der Waals surface area (Å²) in [5.74, 6) is -0.375. The van der Waals surface area contributed by atoms with Crippen LogP contribution in [0.25, 0.3) is 0 Å². The molecule has 1 fully saturated rings. The van der Waals surface area contributed by atoms with E-state index in [0.29, 0.717) is 31.0 Å². The van der Waals surface area contributed by atoms with Gasteiger partial charge < -0.3 is 10.6 Å². The Morgan fingerprint density at radius 3 is 2.27 bits per heavy atom. The van der Waals surface area contributed by atoms with Gasteiger partial charge in [-0.25, -0.2) is 0 Å². The van der Waals surface area contributed by atoms with Crippen molar-refractivity contribution >= 4 is 23.4 Å². The minimum absolute atomic E-state index is 0.165. The van der Waals surface area contributed by atoms with Gasteiger partial charge in [0.2, 0.25) is 11.8 Å². The summed E-state index contributed by atoms with van der Waals surface area (Å²) in [4.78, 5) is 25.0. The first kappa shape index (κ1) is 18.5. The van der Waals surface area contributed by atoms with Gasteiger partial charge in [-0.1, -0.05) is 60.1 Å². The molecular weight excluding hydrogens is 348 g/mol. The second kappa shape index (κ2) is 8.37. The standard InChI is InChI=1S/C21H23ClN2O2/c22-18-11-5-4-10-17(18)15-24-20(26)21(12-13-21)19(25)23-14-6-9-16-7-2-1-3-8-16/h1-5,7-8,10-11H,6,9,12-15H2,(H,23,25)(H,24,26). The molecule has 0 bridgehead atoms. The highest BCUT2D eigenvalue weighted by Crippen LogP contribution is 2.46. The maximum Gasteiger partial charge on any atom is 0.235 e. The molecule has 2 aromatic rings. The smallest absolute Gasteiger partial charge is 0.235 e. The van der Waals surface area contributed by atoms with Gasteiger partial charge in [0.1, 0.15) is 5.41 Å². The predicted octanol–water partition coefficient (Wildman–Crippen LogP) is 3.49. The summed E-state index contributed by atoms with van der Waals surface area (Å²) in [7, 11) is 0. The van der Waals surface area contributed by atoms with Crippen molar-refractivity contribution in [2.75, 3.05) is 6.54 Å². The molecule has 2 N–H and O–H groups in total.